The molecule has 0 amide bonds. The first-order valence-electron chi connectivity index (χ1n) is 10.6. The van der Waals surface area contributed by atoms with Crippen molar-refractivity contribution in [1.82, 2.24) is 10.6 Å². The molecule has 1 aromatic carbocycles. The number of hydrogen-bond acceptors (Lipinski definition) is 3. The molecule has 29 heavy (non-hydrogen) atoms. The van der Waals surface area contributed by atoms with Gasteiger partial charge in [0.05, 0.1) is 0 Å². The van der Waals surface area contributed by atoms with Gasteiger partial charge in [-0.2, -0.15) is 0 Å². The molecule has 0 spiro atoms. The lowest BCUT2D eigenvalue weighted by Crippen LogP contribution is -2.49. The van der Waals surface area contributed by atoms with Crippen LogP contribution in [0.1, 0.15) is 44.1 Å². The zero-order valence-corrected chi connectivity index (χ0v) is 20.5. The average molecular weight is 536 g/mol. The zero-order chi connectivity index (χ0) is 19.7. The predicted octanol–water partition coefficient (Wildman–Crippen LogP) is 4.38. The van der Waals surface area contributed by atoms with Gasteiger partial charge < -0.3 is 20.1 Å². The van der Waals surface area contributed by atoms with Crippen molar-refractivity contribution < 1.29 is 9.47 Å². The number of ether oxygens (including phenoxy) is 2. The van der Waals surface area contributed by atoms with Gasteiger partial charge in [0, 0.05) is 57.0 Å². The minimum atomic E-state index is 0. The van der Waals surface area contributed by atoms with Crippen LogP contribution in [-0.4, -0.2) is 52.5 Å². The number of hydrogen-bond donors (Lipinski definition) is 2. The van der Waals surface area contributed by atoms with Crippen molar-refractivity contribution in [3.8, 4) is 0 Å². The highest BCUT2D eigenvalue weighted by Gasteiger charge is 2.38. The van der Waals surface area contributed by atoms with Crippen LogP contribution in [0.3, 0.4) is 0 Å². The van der Waals surface area contributed by atoms with Crippen LogP contribution in [0.15, 0.2) is 29.3 Å². The van der Waals surface area contributed by atoms with E-state index in [9.17, 15) is 0 Å². The van der Waals surface area contributed by atoms with Crippen molar-refractivity contribution in [2.45, 2.75) is 43.9 Å². The number of halogens is 2. The Morgan fingerprint density at radius 2 is 1.93 bits per heavy atom. The average Bonchev–Trinajstić information content (AvgIpc) is 2.70. The number of aliphatic imine (C=N–C) groups is 1. The lowest BCUT2D eigenvalue weighted by atomic mass is 9.64. The predicted molar refractivity (Wildman–Crippen MR) is 131 cm³/mol. The SMILES string of the molecule is CN=C(NCCCOCC1CCOCC1)NCC1(c2ccc(Cl)cc2)CCC1.I. The molecule has 0 unspecified atom stereocenters. The van der Waals surface area contributed by atoms with Crippen molar-refractivity contribution >= 4 is 41.5 Å². The van der Waals surface area contributed by atoms with E-state index >= 15 is 0 Å². The fourth-order valence-electron chi connectivity index (χ4n) is 3.99. The van der Waals surface area contributed by atoms with Crippen molar-refractivity contribution in [3.05, 3.63) is 34.9 Å². The van der Waals surface area contributed by atoms with E-state index < -0.39 is 0 Å². The van der Waals surface area contributed by atoms with Gasteiger partial charge in [0.1, 0.15) is 0 Å². The molecule has 164 valence electrons. The second kappa shape index (κ2) is 13.0. The van der Waals surface area contributed by atoms with E-state index in [4.69, 9.17) is 21.1 Å². The summed E-state index contributed by atoms with van der Waals surface area (Å²) in [5.41, 5.74) is 1.57. The maximum absolute atomic E-state index is 6.05. The molecule has 1 aliphatic carbocycles. The highest BCUT2D eigenvalue weighted by Crippen LogP contribution is 2.43. The molecule has 0 aromatic heterocycles. The molecule has 3 rings (SSSR count). The Bertz CT molecular complexity index is 617. The minimum absolute atomic E-state index is 0. The van der Waals surface area contributed by atoms with Crippen LogP contribution in [-0.2, 0) is 14.9 Å². The van der Waals surface area contributed by atoms with Crippen LogP contribution >= 0.6 is 35.6 Å². The van der Waals surface area contributed by atoms with Crippen molar-refractivity contribution in [2.24, 2.45) is 10.9 Å². The Morgan fingerprint density at radius 1 is 1.21 bits per heavy atom. The van der Waals surface area contributed by atoms with Gasteiger partial charge in [-0.3, -0.25) is 4.99 Å². The molecule has 1 saturated heterocycles. The Kier molecular flexibility index (Phi) is 11.0. The standard InChI is InChI=1S/C22H34ClN3O2.HI/c1-24-21(25-12-3-13-28-16-18-8-14-27-15-9-18)26-17-22(10-2-11-22)19-4-6-20(23)7-5-19;/h4-7,18H,2-3,8-17H2,1H3,(H2,24,25,26);1H. The van der Waals surface area contributed by atoms with Gasteiger partial charge in [-0.15, -0.1) is 24.0 Å². The van der Waals surface area contributed by atoms with Gasteiger partial charge >= 0.3 is 0 Å². The van der Waals surface area contributed by atoms with E-state index in [1.54, 1.807) is 0 Å². The number of benzene rings is 1. The number of nitrogens with one attached hydrogen (secondary N) is 2. The number of rotatable bonds is 9. The maximum Gasteiger partial charge on any atom is 0.191 e. The number of guanidine groups is 1. The van der Waals surface area contributed by atoms with Gasteiger partial charge in [-0.05, 0) is 55.7 Å². The van der Waals surface area contributed by atoms with Crippen LogP contribution in [0.5, 0.6) is 0 Å². The van der Waals surface area contributed by atoms with Crippen molar-refractivity contribution in [2.75, 3.05) is 46.6 Å². The summed E-state index contributed by atoms with van der Waals surface area (Å²) in [6.45, 7) is 5.18. The van der Waals surface area contributed by atoms with Gasteiger partial charge in [0.25, 0.3) is 0 Å². The normalized spacial score (nSPS) is 19.2. The van der Waals surface area contributed by atoms with E-state index in [-0.39, 0.29) is 29.4 Å². The summed E-state index contributed by atoms with van der Waals surface area (Å²) in [7, 11) is 1.83. The summed E-state index contributed by atoms with van der Waals surface area (Å²) < 4.78 is 11.2. The molecule has 2 N–H and O–H groups in total. The Balaban J connectivity index is 0.00000300. The fraction of sp³-hybridized carbons (Fsp3) is 0.682. The third-order valence-electron chi connectivity index (χ3n) is 6.04. The summed E-state index contributed by atoms with van der Waals surface area (Å²) in [6.07, 6.45) is 6.93. The largest absolute Gasteiger partial charge is 0.381 e. The summed E-state index contributed by atoms with van der Waals surface area (Å²) in [5.74, 6) is 1.53. The fourth-order valence-corrected chi connectivity index (χ4v) is 4.12. The third kappa shape index (κ3) is 7.56. The van der Waals surface area contributed by atoms with Gasteiger partial charge in [0.15, 0.2) is 5.96 Å². The van der Waals surface area contributed by atoms with Crippen LogP contribution in [0.25, 0.3) is 0 Å². The van der Waals surface area contributed by atoms with Crippen LogP contribution in [0.2, 0.25) is 5.02 Å². The molecule has 5 nitrogen and oxygen atoms in total. The van der Waals surface area contributed by atoms with Gasteiger partial charge in [-0.25, -0.2) is 0 Å². The van der Waals surface area contributed by atoms with Gasteiger partial charge in [-0.1, -0.05) is 30.2 Å². The summed E-state index contributed by atoms with van der Waals surface area (Å²) >= 11 is 6.05. The quantitative estimate of drug-likeness (QED) is 0.213. The maximum atomic E-state index is 6.05. The molecule has 7 heteroatoms. The molecular weight excluding hydrogens is 501 g/mol. The van der Waals surface area contributed by atoms with Crippen LogP contribution in [0.4, 0.5) is 0 Å². The molecule has 2 fully saturated rings. The molecule has 0 bridgehead atoms. The van der Waals surface area contributed by atoms with E-state index in [0.29, 0.717) is 5.92 Å². The lowest BCUT2D eigenvalue weighted by Gasteiger charge is -2.43. The second-order valence-corrected chi connectivity index (χ2v) is 8.41. The van der Waals surface area contributed by atoms with Crippen molar-refractivity contribution in [1.29, 1.82) is 0 Å². The first-order chi connectivity index (χ1) is 13.7. The lowest BCUT2D eigenvalue weighted by molar-refractivity contribution is 0.0203. The van der Waals surface area contributed by atoms with E-state index in [1.807, 2.05) is 19.2 Å². The van der Waals surface area contributed by atoms with Crippen LogP contribution in [0, 0.1) is 5.92 Å². The second-order valence-electron chi connectivity index (χ2n) is 7.98. The molecule has 1 heterocycles. The Labute approximate surface area is 197 Å². The molecular formula is C22H35ClIN3O2. The van der Waals surface area contributed by atoms with E-state index in [2.05, 4.69) is 27.8 Å². The van der Waals surface area contributed by atoms with E-state index in [0.717, 1.165) is 69.8 Å². The Hall–Kier alpha value is -0.570. The minimum Gasteiger partial charge on any atom is -0.381 e. The summed E-state index contributed by atoms with van der Waals surface area (Å²) in [5, 5.41) is 7.72. The first-order valence-corrected chi connectivity index (χ1v) is 11.0. The molecule has 0 atom stereocenters. The summed E-state index contributed by atoms with van der Waals surface area (Å²) in [4.78, 5) is 4.37. The monoisotopic (exact) mass is 535 g/mol. The van der Waals surface area contributed by atoms with Crippen molar-refractivity contribution in [3.63, 3.8) is 0 Å². The molecule has 2 aliphatic rings. The molecule has 1 aromatic rings. The third-order valence-corrected chi connectivity index (χ3v) is 6.29. The smallest absolute Gasteiger partial charge is 0.191 e. The topological polar surface area (TPSA) is 54.9 Å². The first kappa shape index (κ1) is 24.7. The number of nitrogens with zero attached hydrogens (tertiary/aromatic N) is 1. The Morgan fingerprint density at radius 3 is 2.55 bits per heavy atom. The highest BCUT2D eigenvalue weighted by molar-refractivity contribution is 14.0. The molecule has 1 aliphatic heterocycles. The van der Waals surface area contributed by atoms with Gasteiger partial charge in [0.2, 0.25) is 0 Å². The zero-order valence-electron chi connectivity index (χ0n) is 17.4. The molecule has 1 saturated carbocycles. The summed E-state index contributed by atoms with van der Waals surface area (Å²) in [6, 6.07) is 8.30. The highest BCUT2D eigenvalue weighted by atomic mass is 127. The van der Waals surface area contributed by atoms with Crippen LogP contribution < -0.4 is 10.6 Å². The molecule has 0 radical (unpaired) electrons. The van der Waals surface area contributed by atoms with E-state index in [1.165, 1.54) is 24.8 Å².